The molecule has 1 unspecified atom stereocenters. The monoisotopic (exact) mass is 592 g/mol. The number of carbonyl (C=O) groups excluding carboxylic acids is 3. The van der Waals surface area contributed by atoms with Crippen molar-refractivity contribution >= 4 is 46.1 Å². The van der Waals surface area contributed by atoms with E-state index >= 15 is 0 Å². The van der Waals surface area contributed by atoms with E-state index in [9.17, 15) is 14.4 Å². The van der Waals surface area contributed by atoms with E-state index in [2.05, 4.69) is 33.0 Å². The molecule has 1 aliphatic carbocycles. The van der Waals surface area contributed by atoms with Crippen molar-refractivity contribution in [3.8, 4) is 0 Å². The van der Waals surface area contributed by atoms with Gasteiger partial charge in [-0.3, -0.25) is 19.2 Å². The van der Waals surface area contributed by atoms with Crippen molar-refractivity contribution in [3.05, 3.63) is 46.8 Å². The first-order chi connectivity index (χ1) is 16.8. The van der Waals surface area contributed by atoms with Gasteiger partial charge in [-0.25, -0.2) is 4.79 Å². The number of carbonyl (C=O) groups is 3. The van der Waals surface area contributed by atoms with Crippen LogP contribution in [0.15, 0.2) is 24.3 Å². The van der Waals surface area contributed by atoms with Crippen molar-refractivity contribution in [2.45, 2.75) is 81.8 Å². The SMILES string of the molecule is CCOC(=O)c1cc2n(n1)CC(C)(C(=O)NC1CCCCCC1)N(c1cccc(CI)c1C)C2=O. The summed E-state index contributed by atoms with van der Waals surface area (Å²) in [6.45, 7) is 5.85. The van der Waals surface area contributed by atoms with E-state index in [1.54, 1.807) is 18.7 Å². The third-order valence-electron chi connectivity index (χ3n) is 7.12. The molecule has 1 N–H and O–H groups in total. The van der Waals surface area contributed by atoms with Gasteiger partial charge in [0, 0.05) is 22.2 Å². The van der Waals surface area contributed by atoms with Gasteiger partial charge < -0.3 is 10.1 Å². The molecule has 4 rings (SSSR count). The number of esters is 1. The molecular weight excluding hydrogens is 559 g/mol. The fraction of sp³-hybridized carbons (Fsp3) is 0.538. The van der Waals surface area contributed by atoms with Gasteiger partial charge in [-0.2, -0.15) is 5.10 Å². The summed E-state index contributed by atoms with van der Waals surface area (Å²) in [6.07, 6.45) is 6.44. The van der Waals surface area contributed by atoms with Crippen molar-refractivity contribution in [2.24, 2.45) is 0 Å². The maximum atomic E-state index is 14.0. The number of ether oxygens (including phenoxy) is 1. The van der Waals surface area contributed by atoms with E-state index in [1.807, 2.05) is 25.1 Å². The standard InChI is InChI=1S/C26H33IN4O4/c1-4-35-24(33)20-14-22-23(32)31(21-13-9-10-18(15-27)17(21)2)26(3,16-30(22)29-20)25(34)28-19-11-7-5-6-8-12-19/h9-10,13-14,19H,4-8,11-12,15-16H2,1-3H3,(H,28,34). The Kier molecular flexibility index (Phi) is 7.83. The summed E-state index contributed by atoms with van der Waals surface area (Å²) in [5.41, 5.74) is 1.89. The lowest BCUT2D eigenvalue weighted by molar-refractivity contribution is -0.127. The zero-order valence-corrected chi connectivity index (χ0v) is 22.8. The molecule has 8 nitrogen and oxygen atoms in total. The molecule has 0 saturated heterocycles. The Balaban J connectivity index is 1.78. The van der Waals surface area contributed by atoms with E-state index in [0.29, 0.717) is 5.69 Å². The second kappa shape index (κ2) is 10.7. The van der Waals surface area contributed by atoms with Crippen molar-refractivity contribution in [3.63, 3.8) is 0 Å². The lowest BCUT2D eigenvalue weighted by atomic mass is 9.91. The van der Waals surface area contributed by atoms with Gasteiger partial charge in [-0.15, -0.1) is 0 Å². The van der Waals surface area contributed by atoms with E-state index in [1.165, 1.54) is 23.6 Å². The number of hydrogen-bond donors (Lipinski definition) is 1. The van der Waals surface area contributed by atoms with Crippen LogP contribution in [0.5, 0.6) is 0 Å². The maximum Gasteiger partial charge on any atom is 0.358 e. The second-order valence-corrected chi connectivity index (χ2v) is 10.3. The Morgan fingerprint density at radius 1 is 1.23 bits per heavy atom. The largest absolute Gasteiger partial charge is 0.461 e. The van der Waals surface area contributed by atoms with Crippen LogP contribution in [-0.2, 0) is 20.5 Å². The first-order valence-electron chi connectivity index (χ1n) is 12.3. The van der Waals surface area contributed by atoms with Crippen molar-refractivity contribution in [1.82, 2.24) is 15.1 Å². The molecule has 1 aromatic carbocycles. The highest BCUT2D eigenvalue weighted by Gasteiger charge is 2.50. The molecule has 2 aromatic rings. The van der Waals surface area contributed by atoms with Gasteiger partial charge in [0.1, 0.15) is 11.2 Å². The Morgan fingerprint density at radius 3 is 2.60 bits per heavy atom. The van der Waals surface area contributed by atoms with Crippen molar-refractivity contribution in [2.75, 3.05) is 11.5 Å². The number of alkyl halides is 1. The molecule has 1 aromatic heterocycles. The Hall–Kier alpha value is -2.43. The highest BCUT2D eigenvalue weighted by molar-refractivity contribution is 14.1. The molecule has 2 heterocycles. The molecule has 2 aliphatic rings. The highest BCUT2D eigenvalue weighted by Crippen LogP contribution is 2.36. The molecule has 1 atom stereocenters. The number of amides is 2. The molecule has 1 saturated carbocycles. The molecule has 35 heavy (non-hydrogen) atoms. The number of anilines is 1. The normalized spacial score (nSPS) is 20.8. The maximum absolute atomic E-state index is 14.0. The van der Waals surface area contributed by atoms with Crippen LogP contribution in [0.4, 0.5) is 5.69 Å². The summed E-state index contributed by atoms with van der Waals surface area (Å²) in [7, 11) is 0. The zero-order valence-electron chi connectivity index (χ0n) is 20.6. The number of fused-ring (bicyclic) bond motifs is 1. The summed E-state index contributed by atoms with van der Waals surface area (Å²) in [5.74, 6) is -1.14. The Morgan fingerprint density at radius 2 is 1.94 bits per heavy atom. The van der Waals surface area contributed by atoms with Crippen LogP contribution in [0.1, 0.15) is 84.5 Å². The molecular formula is C26H33IN4O4. The third kappa shape index (κ3) is 4.96. The minimum absolute atomic E-state index is 0.0707. The number of benzene rings is 1. The first kappa shape index (κ1) is 25.7. The van der Waals surface area contributed by atoms with Gasteiger partial charge >= 0.3 is 5.97 Å². The van der Waals surface area contributed by atoms with Gasteiger partial charge in [0.05, 0.1) is 13.2 Å². The van der Waals surface area contributed by atoms with Gasteiger partial charge in [-0.05, 0) is 50.8 Å². The fourth-order valence-corrected chi connectivity index (χ4v) is 5.91. The molecule has 0 bridgehead atoms. The summed E-state index contributed by atoms with van der Waals surface area (Å²) >= 11 is 2.30. The number of nitrogens with zero attached hydrogens (tertiary/aromatic N) is 3. The average Bonchev–Trinajstić information content (AvgIpc) is 3.09. The van der Waals surface area contributed by atoms with Gasteiger partial charge in [0.25, 0.3) is 5.91 Å². The lowest BCUT2D eigenvalue weighted by Crippen LogP contribution is -2.65. The van der Waals surface area contributed by atoms with E-state index in [0.717, 1.165) is 41.2 Å². The smallest absolute Gasteiger partial charge is 0.358 e. The van der Waals surface area contributed by atoms with E-state index in [4.69, 9.17) is 4.74 Å². The summed E-state index contributed by atoms with van der Waals surface area (Å²) in [6, 6.07) is 7.40. The fourth-order valence-electron chi connectivity index (χ4n) is 5.09. The molecule has 2 amide bonds. The Labute approximate surface area is 219 Å². The first-order valence-corrected chi connectivity index (χ1v) is 13.9. The van der Waals surface area contributed by atoms with Crippen LogP contribution in [0.25, 0.3) is 0 Å². The number of nitrogens with one attached hydrogen (secondary N) is 1. The van der Waals surface area contributed by atoms with Crippen LogP contribution in [0.2, 0.25) is 0 Å². The number of hydrogen-bond acceptors (Lipinski definition) is 5. The van der Waals surface area contributed by atoms with Crippen molar-refractivity contribution < 1.29 is 19.1 Å². The Bertz CT molecular complexity index is 1120. The predicted octanol–water partition coefficient (Wildman–Crippen LogP) is 4.56. The average molecular weight is 592 g/mol. The summed E-state index contributed by atoms with van der Waals surface area (Å²) < 4.78 is 7.36. The molecule has 1 fully saturated rings. The quantitative estimate of drug-likeness (QED) is 0.230. The topological polar surface area (TPSA) is 93.5 Å². The van der Waals surface area contributed by atoms with Crippen LogP contribution in [-0.4, -0.2) is 45.8 Å². The summed E-state index contributed by atoms with van der Waals surface area (Å²) in [5, 5.41) is 7.61. The van der Waals surface area contributed by atoms with Crippen LogP contribution in [0, 0.1) is 6.92 Å². The number of rotatable bonds is 6. The minimum Gasteiger partial charge on any atom is -0.461 e. The summed E-state index contributed by atoms with van der Waals surface area (Å²) in [4.78, 5) is 41.8. The van der Waals surface area contributed by atoms with Gasteiger partial charge in [0.15, 0.2) is 5.69 Å². The second-order valence-electron chi connectivity index (χ2n) is 9.56. The van der Waals surface area contributed by atoms with Crippen molar-refractivity contribution in [1.29, 1.82) is 0 Å². The van der Waals surface area contributed by atoms with Gasteiger partial charge in [-0.1, -0.05) is 60.4 Å². The van der Waals surface area contributed by atoms with Gasteiger partial charge in [0.2, 0.25) is 5.91 Å². The number of halogens is 1. The minimum atomic E-state index is -1.22. The van der Waals surface area contributed by atoms with Crippen LogP contribution >= 0.6 is 22.6 Å². The highest BCUT2D eigenvalue weighted by atomic mass is 127. The molecule has 9 heteroatoms. The zero-order chi connectivity index (χ0) is 25.2. The van der Waals surface area contributed by atoms with Crippen LogP contribution < -0.4 is 10.2 Å². The lowest BCUT2D eigenvalue weighted by Gasteiger charge is -2.44. The molecule has 0 spiro atoms. The van der Waals surface area contributed by atoms with Crippen LogP contribution in [0.3, 0.4) is 0 Å². The molecule has 188 valence electrons. The molecule has 1 aliphatic heterocycles. The molecule has 0 radical (unpaired) electrons. The third-order valence-corrected chi connectivity index (χ3v) is 7.94. The van der Waals surface area contributed by atoms with E-state index < -0.39 is 11.5 Å². The van der Waals surface area contributed by atoms with E-state index in [-0.39, 0.29) is 42.4 Å². The predicted molar refractivity (Wildman–Crippen MR) is 142 cm³/mol. The number of aromatic nitrogens is 2.